The zero-order valence-corrected chi connectivity index (χ0v) is 17.2. The van der Waals surface area contributed by atoms with E-state index in [0.717, 1.165) is 13.1 Å². The summed E-state index contributed by atoms with van der Waals surface area (Å²) in [7, 11) is 1.83. The number of allylic oxidation sites excluding steroid dienone is 5. The highest BCUT2D eigenvalue weighted by molar-refractivity contribution is 5.68. The summed E-state index contributed by atoms with van der Waals surface area (Å²) in [4.78, 5) is 14.1. The first-order valence-electron chi connectivity index (χ1n) is 9.34. The van der Waals surface area contributed by atoms with Gasteiger partial charge in [-0.3, -0.25) is 0 Å². The van der Waals surface area contributed by atoms with Crippen molar-refractivity contribution in [1.82, 2.24) is 10.2 Å². The molecule has 2 atom stereocenters. The molecular formula is C21H36N2O2. The summed E-state index contributed by atoms with van der Waals surface area (Å²) in [6.45, 7) is 15.7. The lowest BCUT2D eigenvalue weighted by molar-refractivity contribution is 0.0214. The first-order chi connectivity index (χ1) is 11.6. The van der Waals surface area contributed by atoms with Crippen LogP contribution >= 0.6 is 0 Å². The summed E-state index contributed by atoms with van der Waals surface area (Å²) in [5.41, 5.74) is 0.857. The van der Waals surface area contributed by atoms with Crippen molar-refractivity contribution in [2.45, 2.75) is 60.1 Å². The molecule has 2 aliphatic rings. The Balaban J connectivity index is 0.00000151. The molecule has 142 valence electrons. The van der Waals surface area contributed by atoms with Gasteiger partial charge in [-0.1, -0.05) is 58.1 Å². The summed E-state index contributed by atoms with van der Waals surface area (Å²) in [6.07, 6.45) is 10.7. The van der Waals surface area contributed by atoms with E-state index < -0.39 is 5.60 Å². The number of hydrogen-bond donors (Lipinski definition) is 1. The van der Waals surface area contributed by atoms with Gasteiger partial charge in [0.05, 0.1) is 6.04 Å². The van der Waals surface area contributed by atoms with Crippen molar-refractivity contribution in [3.63, 3.8) is 0 Å². The van der Waals surface area contributed by atoms with E-state index in [9.17, 15) is 4.79 Å². The second kappa shape index (κ2) is 8.70. The average molecular weight is 349 g/mol. The summed E-state index contributed by atoms with van der Waals surface area (Å²) < 4.78 is 5.51. The van der Waals surface area contributed by atoms with Crippen LogP contribution in [-0.4, -0.2) is 42.8 Å². The molecular weight excluding hydrogens is 312 g/mol. The van der Waals surface area contributed by atoms with Gasteiger partial charge in [-0.25, -0.2) is 4.79 Å². The molecule has 1 N–H and O–H groups in total. The van der Waals surface area contributed by atoms with Gasteiger partial charge in [0.15, 0.2) is 0 Å². The van der Waals surface area contributed by atoms with Crippen molar-refractivity contribution in [2.24, 2.45) is 11.3 Å². The smallest absolute Gasteiger partial charge is 0.410 e. The highest BCUT2D eigenvalue weighted by Gasteiger charge is 2.36. The van der Waals surface area contributed by atoms with E-state index in [1.165, 1.54) is 5.57 Å². The Labute approximate surface area is 154 Å². The van der Waals surface area contributed by atoms with Crippen molar-refractivity contribution in [1.29, 1.82) is 0 Å². The average Bonchev–Trinajstić information content (AvgIpc) is 2.92. The molecule has 25 heavy (non-hydrogen) atoms. The first kappa shape index (κ1) is 21.5. The summed E-state index contributed by atoms with van der Waals surface area (Å²) in [5.74, 6) is 0.280. The van der Waals surface area contributed by atoms with Gasteiger partial charge in [0.25, 0.3) is 0 Å². The molecule has 1 fully saturated rings. The molecule has 1 saturated heterocycles. The molecule has 1 heterocycles. The number of hydrogen-bond acceptors (Lipinski definition) is 3. The Hall–Kier alpha value is -1.55. The Bertz CT molecular complexity index is 539. The minimum Gasteiger partial charge on any atom is -0.444 e. The van der Waals surface area contributed by atoms with Gasteiger partial charge < -0.3 is 15.0 Å². The van der Waals surface area contributed by atoms with E-state index in [1.807, 2.05) is 41.7 Å². The zero-order chi connectivity index (χ0) is 19.3. The fraction of sp³-hybridized carbons (Fsp3) is 0.667. The number of rotatable bonds is 2. The third-order valence-corrected chi connectivity index (χ3v) is 4.31. The van der Waals surface area contributed by atoms with Crippen LogP contribution in [0.3, 0.4) is 0 Å². The molecule has 1 aliphatic heterocycles. The summed E-state index contributed by atoms with van der Waals surface area (Å²) in [6, 6.07) is 0.107. The lowest BCUT2D eigenvalue weighted by Gasteiger charge is -2.31. The highest BCUT2D eigenvalue weighted by atomic mass is 16.6. The summed E-state index contributed by atoms with van der Waals surface area (Å²) >= 11 is 0. The fourth-order valence-corrected chi connectivity index (χ4v) is 2.96. The van der Waals surface area contributed by atoms with E-state index in [1.54, 1.807) is 4.90 Å². The van der Waals surface area contributed by atoms with Gasteiger partial charge in [0.1, 0.15) is 5.60 Å². The molecule has 4 nitrogen and oxygen atoms in total. The molecule has 1 amide bonds. The van der Waals surface area contributed by atoms with Crippen LogP contribution < -0.4 is 5.32 Å². The second-order valence-corrected chi connectivity index (χ2v) is 8.10. The Morgan fingerprint density at radius 2 is 1.88 bits per heavy atom. The Kier molecular flexibility index (Phi) is 7.48. The van der Waals surface area contributed by atoms with Gasteiger partial charge in [-0.15, -0.1) is 0 Å². The van der Waals surface area contributed by atoms with E-state index in [4.69, 9.17) is 4.74 Å². The minimum absolute atomic E-state index is 0.0663. The van der Waals surface area contributed by atoms with E-state index in [2.05, 4.69) is 49.5 Å². The maximum Gasteiger partial charge on any atom is 0.410 e. The van der Waals surface area contributed by atoms with Gasteiger partial charge in [0, 0.05) is 31.5 Å². The van der Waals surface area contributed by atoms with Crippen molar-refractivity contribution < 1.29 is 9.53 Å². The number of ether oxygens (including phenoxy) is 1. The molecule has 0 radical (unpaired) electrons. The van der Waals surface area contributed by atoms with Crippen LogP contribution in [0.2, 0.25) is 0 Å². The molecule has 0 aromatic rings. The first-order valence-corrected chi connectivity index (χ1v) is 9.34. The SMILES string of the molecule is CC.CN(C(=O)OC(C)(C)C)C1CNCC1C1=CC=CC(C)(C)C=C1. The van der Waals surface area contributed by atoms with Gasteiger partial charge in [-0.2, -0.15) is 0 Å². The Morgan fingerprint density at radius 1 is 1.24 bits per heavy atom. The van der Waals surface area contributed by atoms with Crippen LogP contribution in [0.5, 0.6) is 0 Å². The minimum atomic E-state index is -0.471. The van der Waals surface area contributed by atoms with Gasteiger partial charge in [0.2, 0.25) is 0 Å². The third-order valence-electron chi connectivity index (χ3n) is 4.31. The van der Waals surface area contributed by atoms with Gasteiger partial charge >= 0.3 is 6.09 Å². The van der Waals surface area contributed by atoms with Crippen molar-refractivity contribution in [3.05, 3.63) is 36.0 Å². The highest BCUT2D eigenvalue weighted by Crippen LogP contribution is 2.29. The van der Waals surface area contributed by atoms with Crippen molar-refractivity contribution in [3.8, 4) is 0 Å². The largest absolute Gasteiger partial charge is 0.444 e. The van der Waals surface area contributed by atoms with Crippen LogP contribution in [0.25, 0.3) is 0 Å². The van der Waals surface area contributed by atoms with Crippen LogP contribution in [0.15, 0.2) is 36.0 Å². The predicted octanol–water partition coefficient (Wildman–Crippen LogP) is 4.55. The Morgan fingerprint density at radius 3 is 2.48 bits per heavy atom. The van der Waals surface area contributed by atoms with E-state index >= 15 is 0 Å². The summed E-state index contributed by atoms with van der Waals surface area (Å²) in [5, 5.41) is 3.41. The molecule has 0 spiro atoms. The maximum absolute atomic E-state index is 12.4. The quantitative estimate of drug-likeness (QED) is 0.796. The number of likely N-dealkylation sites (N-methyl/N-ethyl adjacent to an activating group) is 1. The molecule has 0 saturated carbocycles. The van der Waals surface area contributed by atoms with Crippen LogP contribution in [-0.2, 0) is 4.74 Å². The molecule has 2 unspecified atom stereocenters. The number of carbonyl (C=O) groups excluding carboxylic acids is 1. The topological polar surface area (TPSA) is 41.6 Å². The van der Waals surface area contributed by atoms with E-state index in [-0.39, 0.29) is 23.5 Å². The normalized spacial score (nSPS) is 24.7. The van der Waals surface area contributed by atoms with Crippen LogP contribution in [0.1, 0.15) is 48.5 Å². The standard InChI is InChI=1S/C19H30N2O2.C2H6/c1-18(2,3)23-17(22)21(6)16-13-20-12-15(16)14-8-7-10-19(4,5)11-9-14;1-2/h7-11,15-16,20H,12-13H2,1-6H3;1-2H3. The molecule has 2 rings (SSSR count). The molecule has 0 bridgehead atoms. The van der Waals surface area contributed by atoms with Crippen LogP contribution in [0, 0.1) is 11.3 Å². The second-order valence-electron chi connectivity index (χ2n) is 8.10. The zero-order valence-electron chi connectivity index (χ0n) is 17.2. The third kappa shape index (κ3) is 6.35. The predicted molar refractivity (Wildman–Crippen MR) is 106 cm³/mol. The van der Waals surface area contributed by atoms with Gasteiger partial charge in [-0.05, 0) is 26.3 Å². The number of nitrogens with one attached hydrogen (secondary N) is 1. The number of nitrogens with zero attached hydrogens (tertiary/aromatic N) is 1. The number of carbonyl (C=O) groups is 1. The molecule has 4 heteroatoms. The number of amides is 1. The fourth-order valence-electron chi connectivity index (χ4n) is 2.96. The van der Waals surface area contributed by atoms with Crippen molar-refractivity contribution in [2.75, 3.05) is 20.1 Å². The van der Waals surface area contributed by atoms with Crippen LogP contribution in [0.4, 0.5) is 4.79 Å². The maximum atomic E-state index is 12.4. The monoisotopic (exact) mass is 348 g/mol. The lowest BCUT2D eigenvalue weighted by Crippen LogP contribution is -2.44. The molecule has 0 aromatic heterocycles. The molecule has 0 aromatic carbocycles. The van der Waals surface area contributed by atoms with E-state index in [0.29, 0.717) is 0 Å². The van der Waals surface area contributed by atoms with Crippen molar-refractivity contribution >= 4 is 6.09 Å². The lowest BCUT2D eigenvalue weighted by atomic mass is 9.90. The molecule has 1 aliphatic carbocycles.